The average molecular weight is 320 g/mol. The summed E-state index contributed by atoms with van der Waals surface area (Å²) in [4.78, 5) is 23.5. The lowest BCUT2D eigenvalue weighted by Crippen LogP contribution is -2.17. The summed E-state index contributed by atoms with van der Waals surface area (Å²) in [5.41, 5.74) is 0.852. The molecule has 4 heteroatoms. The van der Waals surface area contributed by atoms with Gasteiger partial charge in [-0.2, -0.15) is 0 Å². The molecule has 0 saturated carbocycles. The van der Waals surface area contributed by atoms with E-state index in [-0.39, 0.29) is 24.2 Å². The Bertz CT molecular complexity index is 514. The van der Waals surface area contributed by atoms with Crippen LogP contribution in [0.1, 0.15) is 65.4 Å². The Hall–Kier alpha value is -1.84. The minimum absolute atomic E-state index is 0.0328. The summed E-state index contributed by atoms with van der Waals surface area (Å²) in [6.45, 7) is 8.70. The highest BCUT2D eigenvalue weighted by Crippen LogP contribution is 2.31. The van der Waals surface area contributed by atoms with Gasteiger partial charge in [-0.15, -0.1) is 0 Å². The molecule has 4 nitrogen and oxygen atoms in total. The molecule has 1 aromatic rings. The summed E-state index contributed by atoms with van der Waals surface area (Å²) in [6.07, 6.45) is 3.08. The molecule has 128 valence electrons. The van der Waals surface area contributed by atoms with Crippen molar-refractivity contribution in [3.8, 4) is 5.75 Å². The third-order valence-electron chi connectivity index (χ3n) is 3.46. The first-order valence-electron chi connectivity index (χ1n) is 8.30. The van der Waals surface area contributed by atoms with Crippen LogP contribution in [0.3, 0.4) is 0 Å². The Balaban J connectivity index is 2.44. The summed E-state index contributed by atoms with van der Waals surface area (Å²) in [7, 11) is 0. The predicted molar refractivity (Wildman–Crippen MR) is 90.5 cm³/mol. The van der Waals surface area contributed by atoms with E-state index in [1.807, 2.05) is 18.2 Å². The number of hydrogen-bond donors (Lipinski definition) is 0. The van der Waals surface area contributed by atoms with Crippen LogP contribution < -0.4 is 4.74 Å². The molecular formula is C19H28O4. The second-order valence-corrected chi connectivity index (χ2v) is 6.65. The molecule has 1 aromatic carbocycles. The van der Waals surface area contributed by atoms with Gasteiger partial charge in [-0.25, -0.2) is 0 Å². The van der Waals surface area contributed by atoms with Crippen LogP contribution in [0, 0.1) is 0 Å². The van der Waals surface area contributed by atoms with Crippen molar-refractivity contribution in [2.24, 2.45) is 0 Å². The second-order valence-electron chi connectivity index (χ2n) is 6.65. The van der Waals surface area contributed by atoms with E-state index in [0.29, 0.717) is 12.4 Å². The van der Waals surface area contributed by atoms with Gasteiger partial charge in [0, 0.05) is 5.56 Å². The Kier molecular flexibility index (Phi) is 7.79. The molecule has 0 amide bonds. The lowest BCUT2D eigenvalue weighted by atomic mass is 9.86. The van der Waals surface area contributed by atoms with E-state index >= 15 is 0 Å². The van der Waals surface area contributed by atoms with E-state index in [4.69, 9.17) is 9.47 Å². The number of benzene rings is 1. The van der Waals surface area contributed by atoms with Gasteiger partial charge in [-0.1, -0.05) is 58.7 Å². The number of para-hydroxylation sites is 1. The molecule has 0 saturated heterocycles. The first kappa shape index (κ1) is 19.2. The summed E-state index contributed by atoms with van der Waals surface area (Å²) in [5, 5.41) is 0. The molecule has 0 N–H and O–H groups in total. The molecule has 0 atom stereocenters. The molecule has 0 aliphatic heterocycles. The molecule has 0 aliphatic rings. The quantitative estimate of drug-likeness (QED) is 0.404. The summed E-state index contributed by atoms with van der Waals surface area (Å²) in [5.74, 6) is -0.198. The van der Waals surface area contributed by atoms with E-state index in [1.165, 1.54) is 0 Å². The average Bonchev–Trinajstić information content (AvgIpc) is 2.49. The molecule has 0 bridgehead atoms. The van der Waals surface area contributed by atoms with E-state index < -0.39 is 5.97 Å². The molecule has 23 heavy (non-hydrogen) atoms. The number of esters is 2. The number of carbonyl (C=O) groups excluding carboxylic acids is 2. The summed E-state index contributed by atoms with van der Waals surface area (Å²) < 4.78 is 10.5. The highest BCUT2D eigenvalue weighted by atomic mass is 16.5. The zero-order valence-electron chi connectivity index (χ0n) is 14.7. The van der Waals surface area contributed by atoms with E-state index in [9.17, 15) is 9.59 Å². The maximum absolute atomic E-state index is 11.9. The monoisotopic (exact) mass is 320 g/mol. The van der Waals surface area contributed by atoms with Crippen molar-refractivity contribution in [1.29, 1.82) is 0 Å². The standard InChI is InChI=1S/C19H28O4/c1-5-6-9-14-22-17(20)12-13-18(21)23-16-11-8-7-10-15(16)19(2,3)4/h7-8,10-11H,5-6,9,12-14H2,1-4H3. The third kappa shape index (κ3) is 7.31. The minimum Gasteiger partial charge on any atom is -0.466 e. The van der Waals surface area contributed by atoms with Crippen molar-refractivity contribution in [3.05, 3.63) is 29.8 Å². The number of ether oxygens (including phenoxy) is 2. The fourth-order valence-corrected chi connectivity index (χ4v) is 2.16. The van der Waals surface area contributed by atoms with Crippen molar-refractivity contribution in [1.82, 2.24) is 0 Å². The SMILES string of the molecule is CCCCCOC(=O)CCC(=O)Oc1ccccc1C(C)(C)C. The maximum atomic E-state index is 11.9. The van der Waals surface area contributed by atoms with Crippen molar-refractivity contribution in [2.75, 3.05) is 6.61 Å². The Morgan fingerprint density at radius 1 is 1.00 bits per heavy atom. The lowest BCUT2D eigenvalue weighted by molar-refractivity contribution is -0.147. The maximum Gasteiger partial charge on any atom is 0.311 e. The first-order chi connectivity index (χ1) is 10.8. The summed E-state index contributed by atoms with van der Waals surface area (Å²) >= 11 is 0. The van der Waals surface area contributed by atoms with Crippen LogP contribution in [0.5, 0.6) is 5.75 Å². The lowest BCUT2D eigenvalue weighted by Gasteiger charge is -2.22. The molecule has 0 spiro atoms. The van der Waals surface area contributed by atoms with Crippen LogP contribution in [-0.4, -0.2) is 18.5 Å². The van der Waals surface area contributed by atoms with Gasteiger partial charge in [0.05, 0.1) is 19.4 Å². The minimum atomic E-state index is -0.410. The van der Waals surface area contributed by atoms with Gasteiger partial charge in [-0.3, -0.25) is 9.59 Å². The van der Waals surface area contributed by atoms with Crippen LogP contribution in [0.4, 0.5) is 0 Å². The van der Waals surface area contributed by atoms with Gasteiger partial charge >= 0.3 is 11.9 Å². The fourth-order valence-electron chi connectivity index (χ4n) is 2.16. The van der Waals surface area contributed by atoms with Gasteiger partial charge in [0.25, 0.3) is 0 Å². The van der Waals surface area contributed by atoms with Crippen LogP contribution >= 0.6 is 0 Å². The zero-order chi connectivity index (χ0) is 17.3. The molecule has 0 aliphatic carbocycles. The van der Waals surface area contributed by atoms with Gasteiger partial charge in [0.2, 0.25) is 0 Å². The molecular weight excluding hydrogens is 292 g/mol. The number of carbonyl (C=O) groups is 2. The van der Waals surface area contributed by atoms with Gasteiger partial charge < -0.3 is 9.47 Å². The Morgan fingerprint density at radius 2 is 1.65 bits per heavy atom. The van der Waals surface area contributed by atoms with Crippen LogP contribution in [-0.2, 0) is 19.7 Å². The first-order valence-corrected chi connectivity index (χ1v) is 8.30. The molecule has 0 aromatic heterocycles. The van der Waals surface area contributed by atoms with Gasteiger partial charge in [0.1, 0.15) is 5.75 Å². The largest absolute Gasteiger partial charge is 0.466 e. The second kappa shape index (κ2) is 9.33. The Morgan fingerprint density at radius 3 is 2.30 bits per heavy atom. The predicted octanol–water partition coefficient (Wildman–Crippen LogP) is 4.40. The molecule has 0 fully saturated rings. The van der Waals surface area contributed by atoms with Crippen molar-refractivity contribution in [3.63, 3.8) is 0 Å². The van der Waals surface area contributed by atoms with Crippen LogP contribution in [0.2, 0.25) is 0 Å². The van der Waals surface area contributed by atoms with Gasteiger partial charge in [-0.05, 0) is 17.9 Å². The molecule has 0 radical (unpaired) electrons. The highest BCUT2D eigenvalue weighted by Gasteiger charge is 2.20. The normalized spacial score (nSPS) is 11.1. The number of rotatable bonds is 8. The number of hydrogen-bond acceptors (Lipinski definition) is 4. The third-order valence-corrected chi connectivity index (χ3v) is 3.46. The number of unbranched alkanes of at least 4 members (excludes halogenated alkanes) is 2. The van der Waals surface area contributed by atoms with E-state index in [0.717, 1.165) is 24.8 Å². The van der Waals surface area contributed by atoms with Crippen LogP contribution in [0.15, 0.2) is 24.3 Å². The molecule has 0 unspecified atom stereocenters. The smallest absolute Gasteiger partial charge is 0.311 e. The van der Waals surface area contributed by atoms with Crippen molar-refractivity contribution >= 4 is 11.9 Å². The van der Waals surface area contributed by atoms with Gasteiger partial charge in [0.15, 0.2) is 0 Å². The summed E-state index contributed by atoms with van der Waals surface area (Å²) in [6, 6.07) is 7.48. The molecule has 1 rings (SSSR count). The topological polar surface area (TPSA) is 52.6 Å². The molecule has 0 heterocycles. The van der Waals surface area contributed by atoms with Crippen molar-refractivity contribution in [2.45, 2.75) is 65.2 Å². The van der Waals surface area contributed by atoms with Crippen LogP contribution in [0.25, 0.3) is 0 Å². The Labute approximate surface area is 139 Å². The van der Waals surface area contributed by atoms with E-state index in [2.05, 4.69) is 27.7 Å². The zero-order valence-corrected chi connectivity index (χ0v) is 14.7. The van der Waals surface area contributed by atoms with E-state index in [1.54, 1.807) is 6.07 Å². The van der Waals surface area contributed by atoms with Crippen molar-refractivity contribution < 1.29 is 19.1 Å². The highest BCUT2D eigenvalue weighted by molar-refractivity contribution is 5.79. The fraction of sp³-hybridized carbons (Fsp3) is 0.579.